The van der Waals surface area contributed by atoms with E-state index >= 15 is 0 Å². The predicted octanol–water partition coefficient (Wildman–Crippen LogP) is 3.11. The van der Waals surface area contributed by atoms with Crippen LogP contribution in [-0.4, -0.2) is 22.4 Å². The molecule has 2 nitrogen and oxygen atoms in total. The molecule has 0 heterocycles. The molecule has 2 fully saturated rings. The Hall–Kier alpha value is 0.439. The third-order valence-electron chi connectivity index (χ3n) is 4.16. The molecular weight excluding hydrogens is 256 g/mol. The van der Waals surface area contributed by atoms with Crippen LogP contribution in [0.25, 0.3) is 0 Å². The Morgan fingerprint density at radius 3 is 1.06 bits per heavy atom. The van der Waals surface area contributed by atoms with Crippen molar-refractivity contribution in [1.82, 2.24) is 0 Å². The molecule has 104 valence electrons. The summed E-state index contributed by atoms with van der Waals surface area (Å²) in [4.78, 5) is 0. The fourth-order valence-electron chi connectivity index (χ4n) is 2.88. The normalized spacial score (nSPS) is 24.7. The Bertz CT molecular complexity index is 151. The minimum atomic E-state index is -0.0579. The molecule has 0 bridgehead atoms. The Morgan fingerprint density at radius 2 is 0.941 bits per heavy atom. The molecule has 2 unspecified atom stereocenters. The van der Waals surface area contributed by atoms with Crippen LogP contribution >= 0.6 is 0 Å². The molecule has 0 saturated heterocycles. The van der Waals surface area contributed by atoms with E-state index in [1.807, 2.05) is 13.8 Å². The minimum absolute atomic E-state index is 0. The molecule has 2 N–H and O–H groups in total. The molecule has 17 heavy (non-hydrogen) atoms. The number of rotatable bonds is 2. The predicted molar refractivity (Wildman–Crippen MR) is 67.3 cm³/mol. The molecule has 0 aromatic rings. The first kappa shape index (κ1) is 17.4. The zero-order chi connectivity index (χ0) is 12.0. The van der Waals surface area contributed by atoms with Crippen LogP contribution in [0.1, 0.15) is 65.2 Å². The first-order valence-electron chi connectivity index (χ1n) is 6.97. The fourth-order valence-corrected chi connectivity index (χ4v) is 2.88. The van der Waals surface area contributed by atoms with Crippen LogP contribution in [0.15, 0.2) is 0 Å². The minimum Gasteiger partial charge on any atom is -0.393 e. The number of aliphatic hydroxyl groups is 2. The van der Waals surface area contributed by atoms with Crippen LogP contribution in [0.2, 0.25) is 0 Å². The van der Waals surface area contributed by atoms with Crippen LogP contribution in [-0.2, 0) is 17.1 Å². The monoisotopic (exact) mass is 284 g/mol. The number of aliphatic hydroxyl groups excluding tert-OH is 2. The molecule has 2 rings (SSSR count). The van der Waals surface area contributed by atoms with Gasteiger partial charge in [-0.2, -0.15) is 0 Å². The summed E-state index contributed by atoms with van der Waals surface area (Å²) >= 11 is 0. The summed E-state index contributed by atoms with van der Waals surface area (Å²) < 4.78 is 0. The summed E-state index contributed by atoms with van der Waals surface area (Å²) in [6.45, 7) is 3.80. The van der Waals surface area contributed by atoms with Crippen LogP contribution in [0.3, 0.4) is 0 Å². The Morgan fingerprint density at radius 1 is 0.706 bits per heavy atom. The van der Waals surface area contributed by atoms with E-state index in [0.717, 1.165) is 0 Å². The summed E-state index contributed by atoms with van der Waals surface area (Å²) in [7, 11) is 0. The second-order valence-corrected chi connectivity index (χ2v) is 5.57. The number of hydrogen-bond acceptors (Lipinski definition) is 2. The molecular formula is C14H28FeO2. The van der Waals surface area contributed by atoms with Crippen molar-refractivity contribution in [2.24, 2.45) is 11.8 Å². The number of hydrogen-bond donors (Lipinski definition) is 2. The second-order valence-electron chi connectivity index (χ2n) is 5.57. The molecule has 0 aromatic heterocycles. The van der Waals surface area contributed by atoms with E-state index in [2.05, 4.69) is 0 Å². The molecule has 0 radical (unpaired) electrons. The maximum absolute atomic E-state index is 9.05. The van der Waals surface area contributed by atoms with Crippen molar-refractivity contribution in [1.29, 1.82) is 0 Å². The van der Waals surface area contributed by atoms with Crippen molar-refractivity contribution in [2.45, 2.75) is 77.4 Å². The maximum Gasteiger partial charge on any atom is 0.0540 e. The van der Waals surface area contributed by atoms with Crippen molar-refractivity contribution in [3.63, 3.8) is 0 Å². The van der Waals surface area contributed by atoms with E-state index in [0.29, 0.717) is 11.8 Å². The molecule has 2 aliphatic carbocycles. The zero-order valence-electron chi connectivity index (χ0n) is 11.2. The van der Waals surface area contributed by atoms with Gasteiger partial charge in [0.05, 0.1) is 12.2 Å². The summed E-state index contributed by atoms with van der Waals surface area (Å²) in [5.74, 6) is 1.24. The Labute approximate surface area is 117 Å². The van der Waals surface area contributed by atoms with E-state index in [-0.39, 0.29) is 29.3 Å². The molecule has 0 aliphatic heterocycles. The third kappa shape index (κ3) is 6.81. The van der Waals surface area contributed by atoms with Gasteiger partial charge in [-0.15, -0.1) is 0 Å². The van der Waals surface area contributed by atoms with Crippen molar-refractivity contribution in [2.75, 3.05) is 0 Å². The van der Waals surface area contributed by atoms with Crippen LogP contribution in [0, 0.1) is 11.8 Å². The first-order chi connectivity index (χ1) is 7.61. The van der Waals surface area contributed by atoms with E-state index in [9.17, 15) is 0 Å². The Kier molecular flexibility index (Phi) is 9.62. The molecule has 0 spiro atoms. The smallest absolute Gasteiger partial charge is 0.0540 e. The van der Waals surface area contributed by atoms with E-state index < -0.39 is 0 Å². The summed E-state index contributed by atoms with van der Waals surface area (Å²) in [5.41, 5.74) is 0. The van der Waals surface area contributed by atoms with Gasteiger partial charge in [-0.1, -0.05) is 25.7 Å². The van der Waals surface area contributed by atoms with Crippen LogP contribution in [0.4, 0.5) is 0 Å². The first-order valence-corrected chi connectivity index (χ1v) is 6.97. The molecule has 0 aromatic carbocycles. The summed E-state index contributed by atoms with van der Waals surface area (Å²) in [5, 5.41) is 18.1. The van der Waals surface area contributed by atoms with Gasteiger partial charge >= 0.3 is 0 Å². The fraction of sp³-hybridized carbons (Fsp3) is 1.00. The van der Waals surface area contributed by atoms with Gasteiger partial charge < -0.3 is 10.2 Å². The van der Waals surface area contributed by atoms with Gasteiger partial charge in [-0.05, 0) is 51.4 Å². The SMILES string of the molecule is CC(O)C1CCCC1.CC(O)C1CCCC1.[Fe]. The Balaban J connectivity index is 0.000000284. The van der Waals surface area contributed by atoms with Gasteiger partial charge in [0.1, 0.15) is 0 Å². The summed E-state index contributed by atoms with van der Waals surface area (Å²) in [6, 6.07) is 0. The van der Waals surface area contributed by atoms with E-state index in [1.54, 1.807) is 0 Å². The van der Waals surface area contributed by atoms with Crippen molar-refractivity contribution < 1.29 is 27.3 Å². The quantitative estimate of drug-likeness (QED) is 0.765. The van der Waals surface area contributed by atoms with Crippen molar-refractivity contribution in [3.8, 4) is 0 Å². The average Bonchev–Trinajstić information content (AvgIpc) is 2.93. The molecule has 2 aliphatic rings. The third-order valence-corrected chi connectivity index (χ3v) is 4.16. The van der Waals surface area contributed by atoms with E-state index in [4.69, 9.17) is 10.2 Å². The molecule has 0 amide bonds. The van der Waals surface area contributed by atoms with Crippen LogP contribution < -0.4 is 0 Å². The topological polar surface area (TPSA) is 40.5 Å². The average molecular weight is 284 g/mol. The maximum atomic E-state index is 9.05. The van der Waals surface area contributed by atoms with Gasteiger partial charge in [-0.3, -0.25) is 0 Å². The van der Waals surface area contributed by atoms with Crippen molar-refractivity contribution >= 4 is 0 Å². The van der Waals surface area contributed by atoms with Gasteiger partial charge in [0.2, 0.25) is 0 Å². The van der Waals surface area contributed by atoms with Gasteiger partial charge in [0.15, 0.2) is 0 Å². The van der Waals surface area contributed by atoms with Crippen LogP contribution in [0.5, 0.6) is 0 Å². The van der Waals surface area contributed by atoms with Crippen molar-refractivity contribution in [3.05, 3.63) is 0 Å². The largest absolute Gasteiger partial charge is 0.393 e. The van der Waals surface area contributed by atoms with Gasteiger partial charge in [-0.25, -0.2) is 0 Å². The van der Waals surface area contributed by atoms with E-state index in [1.165, 1.54) is 51.4 Å². The standard InChI is InChI=1S/2C7H14O.Fe/c2*1-6(8)7-4-2-3-5-7;/h2*6-8H,2-5H2,1H3;. The van der Waals surface area contributed by atoms with Gasteiger partial charge in [0, 0.05) is 17.1 Å². The molecule has 2 saturated carbocycles. The van der Waals surface area contributed by atoms with Gasteiger partial charge in [0.25, 0.3) is 0 Å². The second kappa shape index (κ2) is 9.38. The summed E-state index contributed by atoms with van der Waals surface area (Å²) in [6.07, 6.45) is 10.2. The molecule has 2 atom stereocenters. The molecule has 3 heteroatoms. The zero-order valence-corrected chi connectivity index (χ0v) is 12.3.